The monoisotopic (exact) mass is 265 g/mol. The smallest absolute Gasteiger partial charge is 0.122 e. The Kier molecular flexibility index (Phi) is 4.59. The van der Waals surface area contributed by atoms with Crippen LogP contribution in [0.15, 0.2) is 30.5 Å². The van der Waals surface area contributed by atoms with Gasteiger partial charge in [0.25, 0.3) is 0 Å². The molecule has 0 aliphatic rings. The summed E-state index contributed by atoms with van der Waals surface area (Å²) in [4.78, 5) is 0. The number of hydrogen-bond acceptors (Lipinski definition) is 3. The number of halogens is 1. The first-order chi connectivity index (χ1) is 8.79. The van der Waals surface area contributed by atoms with E-state index in [-0.39, 0.29) is 0 Å². The van der Waals surface area contributed by atoms with E-state index in [2.05, 4.69) is 10.3 Å². The second-order valence-corrected chi connectivity index (χ2v) is 4.40. The first kappa shape index (κ1) is 12.9. The molecule has 2 rings (SSSR count). The summed E-state index contributed by atoms with van der Waals surface area (Å²) in [6.07, 6.45) is 2.66. The van der Waals surface area contributed by atoms with Crippen LogP contribution in [0.5, 0.6) is 5.75 Å². The SMILES string of the molecule is Cc1ccccc1OCCn1cc(CCCl)nn1. The molecule has 0 N–H and O–H groups in total. The quantitative estimate of drug-likeness (QED) is 0.753. The van der Waals surface area contributed by atoms with Gasteiger partial charge in [0, 0.05) is 18.5 Å². The van der Waals surface area contributed by atoms with E-state index < -0.39 is 0 Å². The number of alkyl halides is 1. The Balaban J connectivity index is 1.83. The van der Waals surface area contributed by atoms with Crippen LogP contribution in [-0.4, -0.2) is 27.5 Å². The number of ether oxygens (including phenoxy) is 1. The van der Waals surface area contributed by atoms with Crippen molar-refractivity contribution in [2.75, 3.05) is 12.5 Å². The van der Waals surface area contributed by atoms with Crippen molar-refractivity contribution in [2.24, 2.45) is 0 Å². The van der Waals surface area contributed by atoms with Crippen LogP contribution in [0, 0.1) is 6.92 Å². The molecule has 0 fully saturated rings. The fraction of sp³-hybridized carbons (Fsp3) is 0.385. The van der Waals surface area contributed by atoms with E-state index in [9.17, 15) is 0 Å². The summed E-state index contributed by atoms with van der Waals surface area (Å²) in [5, 5.41) is 8.04. The number of aryl methyl sites for hydroxylation is 2. The third-order valence-corrected chi connectivity index (χ3v) is 2.80. The van der Waals surface area contributed by atoms with Crippen LogP contribution < -0.4 is 4.74 Å². The average Bonchev–Trinajstić information content (AvgIpc) is 2.80. The van der Waals surface area contributed by atoms with Crippen LogP contribution >= 0.6 is 11.6 Å². The lowest BCUT2D eigenvalue weighted by molar-refractivity contribution is 0.288. The minimum absolute atomic E-state index is 0.568. The highest BCUT2D eigenvalue weighted by atomic mass is 35.5. The Morgan fingerprint density at radius 3 is 2.94 bits per heavy atom. The molecule has 2 aromatic rings. The van der Waals surface area contributed by atoms with Gasteiger partial charge in [0.15, 0.2) is 0 Å². The van der Waals surface area contributed by atoms with Gasteiger partial charge in [0.05, 0.1) is 12.2 Å². The van der Waals surface area contributed by atoms with Crippen LogP contribution in [0.2, 0.25) is 0 Å². The van der Waals surface area contributed by atoms with E-state index in [1.54, 1.807) is 4.68 Å². The summed E-state index contributed by atoms with van der Waals surface area (Å²) >= 11 is 5.65. The van der Waals surface area contributed by atoms with Crippen molar-refractivity contribution in [2.45, 2.75) is 19.9 Å². The number of rotatable bonds is 6. The van der Waals surface area contributed by atoms with Gasteiger partial charge in [0.1, 0.15) is 12.4 Å². The first-order valence-corrected chi connectivity index (χ1v) is 6.46. The number of aromatic nitrogens is 3. The molecule has 0 radical (unpaired) electrons. The van der Waals surface area contributed by atoms with Crippen molar-refractivity contribution in [1.29, 1.82) is 0 Å². The van der Waals surface area contributed by atoms with Gasteiger partial charge in [-0.3, -0.25) is 0 Å². The normalized spacial score (nSPS) is 10.6. The molecular weight excluding hydrogens is 250 g/mol. The van der Waals surface area contributed by atoms with E-state index >= 15 is 0 Å². The molecule has 0 aliphatic carbocycles. The average molecular weight is 266 g/mol. The van der Waals surface area contributed by atoms with Crippen LogP contribution in [0.25, 0.3) is 0 Å². The van der Waals surface area contributed by atoms with Gasteiger partial charge in [-0.05, 0) is 18.6 Å². The van der Waals surface area contributed by atoms with Gasteiger partial charge >= 0.3 is 0 Å². The lowest BCUT2D eigenvalue weighted by atomic mass is 10.2. The lowest BCUT2D eigenvalue weighted by Gasteiger charge is -2.08. The largest absolute Gasteiger partial charge is 0.491 e. The second-order valence-electron chi connectivity index (χ2n) is 4.03. The fourth-order valence-corrected chi connectivity index (χ4v) is 1.82. The van der Waals surface area contributed by atoms with Crippen molar-refractivity contribution >= 4 is 11.6 Å². The summed E-state index contributed by atoms with van der Waals surface area (Å²) in [7, 11) is 0. The van der Waals surface area contributed by atoms with Crippen molar-refractivity contribution in [3.8, 4) is 5.75 Å². The molecule has 1 aromatic heterocycles. The third kappa shape index (κ3) is 3.47. The molecular formula is C13H16ClN3O. The third-order valence-electron chi connectivity index (χ3n) is 2.61. The molecule has 96 valence electrons. The number of hydrogen-bond donors (Lipinski definition) is 0. The Bertz CT molecular complexity index is 498. The summed E-state index contributed by atoms with van der Waals surface area (Å²) in [5.74, 6) is 1.48. The molecule has 0 bridgehead atoms. The molecule has 1 aromatic carbocycles. The molecule has 18 heavy (non-hydrogen) atoms. The first-order valence-electron chi connectivity index (χ1n) is 5.93. The van der Waals surface area contributed by atoms with Crippen LogP contribution in [0.4, 0.5) is 0 Å². The van der Waals surface area contributed by atoms with Gasteiger partial charge in [-0.25, -0.2) is 4.68 Å². The van der Waals surface area contributed by atoms with Crippen LogP contribution in [-0.2, 0) is 13.0 Å². The molecule has 0 saturated heterocycles. The minimum atomic E-state index is 0.568. The lowest BCUT2D eigenvalue weighted by Crippen LogP contribution is -2.09. The van der Waals surface area contributed by atoms with Crippen molar-refractivity contribution in [3.63, 3.8) is 0 Å². The molecule has 0 atom stereocenters. The Morgan fingerprint density at radius 1 is 1.33 bits per heavy atom. The maximum absolute atomic E-state index is 5.70. The molecule has 0 spiro atoms. The van der Waals surface area contributed by atoms with Crippen LogP contribution in [0.1, 0.15) is 11.3 Å². The molecule has 0 saturated carbocycles. The highest BCUT2D eigenvalue weighted by Crippen LogP contribution is 2.15. The number of para-hydroxylation sites is 1. The van der Waals surface area contributed by atoms with Crippen molar-refractivity contribution < 1.29 is 4.74 Å². The standard InChI is InChI=1S/C13H16ClN3O/c1-11-4-2-3-5-13(11)18-9-8-17-10-12(6-7-14)15-16-17/h2-5,10H,6-9H2,1H3. The molecule has 4 nitrogen and oxygen atoms in total. The molecule has 0 amide bonds. The fourth-order valence-electron chi connectivity index (χ4n) is 1.63. The topological polar surface area (TPSA) is 39.9 Å². The zero-order valence-electron chi connectivity index (χ0n) is 10.3. The molecule has 0 aliphatic heterocycles. The minimum Gasteiger partial charge on any atom is -0.491 e. The van der Waals surface area contributed by atoms with E-state index in [0.717, 1.165) is 23.4 Å². The Hall–Kier alpha value is -1.55. The van der Waals surface area contributed by atoms with Gasteiger partial charge < -0.3 is 4.74 Å². The van der Waals surface area contributed by atoms with Crippen LogP contribution in [0.3, 0.4) is 0 Å². The number of nitrogens with zero attached hydrogens (tertiary/aromatic N) is 3. The highest BCUT2D eigenvalue weighted by Gasteiger charge is 2.01. The van der Waals surface area contributed by atoms with E-state index in [4.69, 9.17) is 16.3 Å². The summed E-state index contributed by atoms with van der Waals surface area (Å²) < 4.78 is 7.47. The molecule has 0 unspecified atom stereocenters. The predicted octanol–water partition coefficient (Wildman–Crippen LogP) is 2.45. The summed E-state index contributed by atoms with van der Waals surface area (Å²) in [6, 6.07) is 7.97. The molecule has 1 heterocycles. The zero-order valence-corrected chi connectivity index (χ0v) is 11.1. The maximum atomic E-state index is 5.70. The van der Waals surface area contributed by atoms with Gasteiger partial charge in [-0.2, -0.15) is 0 Å². The zero-order chi connectivity index (χ0) is 12.8. The summed E-state index contributed by atoms with van der Waals surface area (Å²) in [5.41, 5.74) is 2.06. The van der Waals surface area contributed by atoms with Gasteiger partial charge in [-0.15, -0.1) is 16.7 Å². The van der Waals surface area contributed by atoms with Crippen molar-refractivity contribution in [1.82, 2.24) is 15.0 Å². The van der Waals surface area contributed by atoms with Gasteiger partial charge in [0.2, 0.25) is 0 Å². The Labute approximate surface area is 112 Å². The second kappa shape index (κ2) is 6.40. The van der Waals surface area contributed by atoms with Crippen molar-refractivity contribution in [3.05, 3.63) is 41.7 Å². The van der Waals surface area contributed by atoms with E-state index in [1.165, 1.54) is 0 Å². The molecule has 5 heteroatoms. The van der Waals surface area contributed by atoms with E-state index in [0.29, 0.717) is 19.0 Å². The number of benzene rings is 1. The maximum Gasteiger partial charge on any atom is 0.122 e. The van der Waals surface area contributed by atoms with E-state index in [1.807, 2.05) is 37.4 Å². The van der Waals surface area contributed by atoms with Gasteiger partial charge in [-0.1, -0.05) is 23.4 Å². The summed E-state index contributed by atoms with van der Waals surface area (Å²) in [6.45, 7) is 3.29. The Morgan fingerprint density at radius 2 is 2.17 bits per heavy atom. The highest BCUT2D eigenvalue weighted by molar-refractivity contribution is 6.17. The predicted molar refractivity (Wildman–Crippen MR) is 71.1 cm³/mol.